The predicted octanol–water partition coefficient (Wildman–Crippen LogP) is 1.34. The quantitative estimate of drug-likeness (QED) is 0.675. The van der Waals surface area contributed by atoms with Gasteiger partial charge in [0.1, 0.15) is 11.5 Å². The Bertz CT molecular complexity index is 837. The summed E-state index contributed by atoms with van der Waals surface area (Å²) < 4.78 is 1.87. The maximum Gasteiger partial charge on any atom is 0.272 e. The van der Waals surface area contributed by atoms with Gasteiger partial charge in [-0.25, -0.2) is 9.97 Å². The van der Waals surface area contributed by atoms with E-state index < -0.39 is 0 Å². The van der Waals surface area contributed by atoms with Gasteiger partial charge in [-0.15, -0.1) is 0 Å². The number of nitrogens with one attached hydrogen (secondary N) is 2. The first kappa shape index (κ1) is 14.6. The fraction of sp³-hybridized carbons (Fsp3) is 0.214. The molecule has 0 aliphatic rings. The molecule has 0 radical (unpaired) electrons. The van der Waals surface area contributed by atoms with Crippen molar-refractivity contribution >= 4 is 28.5 Å². The van der Waals surface area contributed by atoms with E-state index in [0.717, 1.165) is 11.0 Å². The number of rotatable bonds is 4. The number of aryl methyl sites for hydroxylation is 1. The van der Waals surface area contributed by atoms with Gasteiger partial charge < -0.3 is 20.6 Å². The van der Waals surface area contributed by atoms with Gasteiger partial charge in [-0.3, -0.25) is 4.79 Å². The number of amides is 1. The van der Waals surface area contributed by atoms with Crippen LogP contribution in [0.1, 0.15) is 22.0 Å². The van der Waals surface area contributed by atoms with E-state index in [2.05, 4.69) is 20.3 Å². The van der Waals surface area contributed by atoms with E-state index in [1.165, 1.54) is 6.33 Å². The molecule has 1 aromatic carbocycles. The van der Waals surface area contributed by atoms with Crippen molar-refractivity contribution < 1.29 is 4.79 Å². The third kappa shape index (κ3) is 2.44. The topological polar surface area (TPSA) is 102 Å². The normalized spacial score (nSPS) is 11.0. The first-order valence-electron chi connectivity index (χ1n) is 6.72. The van der Waals surface area contributed by atoms with Crippen molar-refractivity contribution in [3.05, 3.63) is 46.8 Å². The molecule has 0 spiro atoms. The molecule has 0 fully saturated rings. The van der Waals surface area contributed by atoms with Gasteiger partial charge in [0.2, 0.25) is 0 Å². The second-order valence-electron chi connectivity index (χ2n) is 4.81. The van der Waals surface area contributed by atoms with Crippen LogP contribution in [0.15, 0.2) is 24.5 Å². The number of para-hydroxylation sites is 1. The summed E-state index contributed by atoms with van der Waals surface area (Å²) in [7, 11) is 1.86. The molecule has 2 heterocycles. The number of H-pyrrole nitrogens is 1. The first-order chi connectivity index (χ1) is 10.6. The van der Waals surface area contributed by atoms with Crippen molar-refractivity contribution in [1.82, 2.24) is 24.8 Å². The van der Waals surface area contributed by atoms with Crippen LogP contribution in [0, 0.1) is 0 Å². The van der Waals surface area contributed by atoms with Crippen LogP contribution >= 0.6 is 11.6 Å². The predicted molar refractivity (Wildman–Crippen MR) is 83.4 cm³/mol. The number of nitrogens with zero attached hydrogens (tertiary/aromatic N) is 3. The van der Waals surface area contributed by atoms with Crippen molar-refractivity contribution in [3.63, 3.8) is 0 Å². The number of benzene rings is 1. The van der Waals surface area contributed by atoms with Crippen molar-refractivity contribution in [2.24, 2.45) is 12.8 Å². The molecule has 8 heteroatoms. The molecule has 0 bridgehead atoms. The lowest BCUT2D eigenvalue weighted by Crippen LogP contribution is -2.26. The largest absolute Gasteiger partial charge is 0.347 e. The summed E-state index contributed by atoms with van der Waals surface area (Å²) in [5.74, 6) is 0.418. The monoisotopic (exact) mass is 318 g/mol. The zero-order valence-electron chi connectivity index (χ0n) is 11.9. The summed E-state index contributed by atoms with van der Waals surface area (Å²) in [6.45, 7) is 0.502. The Labute approximate surface area is 131 Å². The van der Waals surface area contributed by atoms with Gasteiger partial charge in [0, 0.05) is 13.6 Å². The fourth-order valence-corrected chi connectivity index (χ4v) is 2.64. The second-order valence-corrected chi connectivity index (χ2v) is 5.22. The molecular weight excluding hydrogens is 304 g/mol. The lowest BCUT2D eigenvalue weighted by Gasteiger charge is -2.05. The summed E-state index contributed by atoms with van der Waals surface area (Å²) in [5.41, 5.74) is 8.09. The molecule has 3 rings (SSSR count). The number of carbonyl (C=O) groups is 1. The van der Waals surface area contributed by atoms with Gasteiger partial charge >= 0.3 is 0 Å². The number of hydrogen-bond acceptors (Lipinski definition) is 4. The van der Waals surface area contributed by atoms with Crippen LogP contribution in [0.4, 0.5) is 0 Å². The molecule has 7 nitrogen and oxygen atoms in total. The fourth-order valence-electron chi connectivity index (χ4n) is 2.34. The molecule has 22 heavy (non-hydrogen) atoms. The van der Waals surface area contributed by atoms with Gasteiger partial charge in [0.05, 0.1) is 34.6 Å². The van der Waals surface area contributed by atoms with Crippen molar-refractivity contribution in [2.75, 3.05) is 0 Å². The van der Waals surface area contributed by atoms with Gasteiger partial charge in [0.25, 0.3) is 5.91 Å². The van der Waals surface area contributed by atoms with Crippen LogP contribution in [0.5, 0.6) is 0 Å². The SMILES string of the molecule is Cn1c(CNC(=O)c2nc[nH]c2CN)nc2cccc(Cl)c21. The van der Waals surface area contributed by atoms with Crippen LogP contribution in [0.25, 0.3) is 11.0 Å². The molecule has 0 saturated heterocycles. The Morgan fingerprint density at radius 2 is 2.32 bits per heavy atom. The van der Waals surface area contributed by atoms with E-state index in [4.69, 9.17) is 17.3 Å². The number of fused-ring (bicyclic) bond motifs is 1. The average molecular weight is 319 g/mol. The number of hydrogen-bond donors (Lipinski definition) is 3. The molecule has 0 aliphatic heterocycles. The van der Waals surface area contributed by atoms with Crippen LogP contribution in [-0.4, -0.2) is 25.4 Å². The molecular formula is C14H15ClN6O. The van der Waals surface area contributed by atoms with Gasteiger partial charge in [0.15, 0.2) is 0 Å². The smallest absolute Gasteiger partial charge is 0.272 e. The average Bonchev–Trinajstić information content (AvgIpc) is 3.10. The first-order valence-corrected chi connectivity index (χ1v) is 7.10. The highest BCUT2D eigenvalue weighted by Gasteiger charge is 2.15. The highest BCUT2D eigenvalue weighted by molar-refractivity contribution is 6.35. The minimum Gasteiger partial charge on any atom is -0.347 e. The second kappa shape index (κ2) is 5.78. The molecule has 0 unspecified atom stereocenters. The summed E-state index contributed by atoms with van der Waals surface area (Å²) in [4.78, 5) is 23.4. The molecule has 1 amide bonds. The van der Waals surface area contributed by atoms with Crippen LogP contribution in [0.3, 0.4) is 0 Å². The van der Waals surface area contributed by atoms with E-state index in [9.17, 15) is 4.79 Å². The molecule has 0 atom stereocenters. The summed E-state index contributed by atoms with van der Waals surface area (Å²) in [5, 5.41) is 3.42. The maximum absolute atomic E-state index is 12.1. The molecule has 0 aliphatic carbocycles. The zero-order valence-corrected chi connectivity index (χ0v) is 12.7. The molecule has 4 N–H and O–H groups in total. The summed E-state index contributed by atoms with van der Waals surface area (Å²) >= 11 is 6.18. The minimum absolute atomic E-state index is 0.227. The Balaban J connectivity index is 1.81. The van der Waals surface area contributed by atoms with E-state index in [1.807, 2.05) is 29.8 Å². The van der Waals surface area contributed by atoms with Crippen molar-refractivity contribution in [1.29, 1.82) is 0 Å². The number of aromatic amines is 1. The van der Waals surface area contributed by atoms with Crippen LogP contribution in [0.2, 0.25) is 5.02 Å². The van der Waals surface area contributed by atoms with Crippen molar-refractivity contribution in [3.8, 4) is 0 Å². The van der Waals surface area contributed by atoms with E-state index in [1.54, 1.807) is 0 Å². The third-order valence-electron chi connectivity index (χ3n) is 3.48. The lowest BCUT2D eigenvalue weighted by atomic mass is 10.3. The maximum atomic E-state index is 12.1. The van der Waals surface area contributed by atoms with Crippen LogP contribution < -0.4 is 11.1 Å². The Morgan fingerprint density at radius 1 is 1.50 bits per heavy atom. The molecule has 2 aromatic heterocycles. The third-order valence-corrected chi connectivity index (χ3v) is 3.79. The zero-order chi connectivity index (χ0) is 15.7. The number of halogens is 1. The van der Waals surface area contributed by atoms with Crippen molar-refractivity contribution in [2.45, 2.75) is 13.1 Å². The van der Waals surface area contributed by atoms with Crippen LogP contribution in [-0.2, 0) is 20.1 Å². The van der Waals surface area contributed by atoms with E-state index in [0.29, 0.717) is 22.2 Å². The van der Waals surface area contributed by atoms with E-state index >= 15 is 0 Å². The Hall–Kier alpha value is -2.38. The highest BCUT2D eigenvalue weighted by atomic mass is 35.5. The number of carbonyl (C=O) groups excluding carboxylic acids is 1. The standard InChI is InChI=1S/C14H15ClN6O/c1-21-11(20-9-4-2-3-8(15)13(9)21)6-17-14(22)12-10(5-16)18-7-19-12/h2-4,7H,5-6,16H2,1H3,(H,17,22)(H,18,19). The minimum atomic E-state index is -0.292. The molecule has 3 aromatic rings. The number of nitrogens with two attached hydrogens (primary N) is 1. The highest BCUT2D eigenvalue weighted by Crippen LogP contribution is 2.23. The summed E-state index contributed by atoms with van der Waals surface area (Å²) in [6, 6.07) is 5.54. The lowest BCUT2D eigenvalue weighted by molar-refractivity contribution is 0.0944. The Kier molecular flexibility index (Phi) is 3.82. The van der Waals surface area contributed by atoms with Gasteiger partial charge in [-0.1, -0.05) is 17.7 Å². The number of imidazole rings is 2. The molecule has 0 saturated carbocycles. The van der Waals surface area contributed by atoms with Gasteiger partial charge in [-0.2, -0.15) is 0 Å². The van der Waals surface area contributed by atoms with Gasteiger partial charge in [-0.05, 0) is 12.1 Å². The molecule has 114 valence electrons. The van der Waals surface area contributed by atoms with E-state index in [-0.39, 0.29) is 19.0 Å². The summed E-state index contributed by atoms with van der Waals surface area (Å²) in [6.07, 6.45) is 1.45. The number of aromatic nitrogens is 4. The Morgan fingerprint density at radius 3 is 3.05 bits per heavy atom.